The van der Waals surface area contributed by atoms with Crippen LogP contribution in [0.15, 0.2) is 0 Å². The number of primary amides is 1. The molecular weight excluding hydrogens is 218 g/mol. The molecule has 0 bridgehead atoms. The number of hydrogen-bond donors (Lipinski definition) is 2. The van der Waals surface area contributed by atoms with E-state index in [1.54, 1.807) is 0 Å². The lowest BCUT2D eigenvalue weighted by Gasteiger charge is -2.31. The van der Waals surface area contributed by atoms with Crippen molar-refractivity contribution < 1.29 is 9.53 Å². The monoisotopic (exact) mass is 243 g/mol. The summed E-state index contributed by atoms with van der Waals surface area (Å²) in [6, 6.07) is -0.680. The van der Waals surface area contributed by atoms with E-state index in [1.807, 2.05) is 0 Å². The molecule has 1 rings (SSSR count). The minimum atomic E-state index is -0.680. The van der Waals surface area contributed by atoms with Crippen LogP contribution in [0.2, 0.25) is 0 Å². The predicted octanol–water partition coefficient (Wildman–Crippen LogP) is -0.0624. The molecule has 100 valence electrons. The summed E-state index contributed by atoms with van der Waals surface area (Å²) in [6.07, 6.45) is 3.87. The number of piperidine rings is 1. The third-order valence-corrected chi connectivity index (χ3v) is 3.50. The molecule has 0 aliphatic carbocycles. The maximum Gasteiger partial charge on any atom is 0.236 e. The van der Waals surface area contributed by atoms with Crippen molar-refractivity contribution in [2.75, 3.05) is 32.8 Å². The number of likely N-dealkylation sites (tertiary alicyclic amines) is 1. The van der Waals surface area contributed by atoms with E-state index in [9.17, 15) is 4.79 Å². The standard InChI is InChI=1S/C12H25N3O2/c1-2-10-3-5-15(6-4-10)7-8-17-9-11(13)12(14)16/h10-11H,2-9,13H2,1H3,(H2,14,16). The Bertz CT molecular complexity index is 228. The van der Waals surface area contributed by atoms with Crippen molar-refractivity contribution in [3.05, 3.63) is 0 Å². The molecule has 0 aromatic carbocycles. The predicted molar refractivity (Wildman–Crippen MR) is 67.4 cm³/mol. The lowest BCUT2D eigenvalue weighted by molar-refractivity contribution is -0.120. The number of amides is 1. The Kier molecular flexibility index (Phi) is 6.47. The minimum absolute atomic E-state index is 0.223. The summed E-state index contributed by atoms with van der Waals surface area (Å²) in [5, 5.41) is 0. The molecule has 1 amide bonds. The quantitative estimate of drug-likeness (QED) is 0.614. The molecule has 0 radical (unpaired) electrons. The van der Waals surface area contributed by atoms with Crippen LogP contribution in [0.1, 0.15) is 26.2 Å². The molecule has 5 nitrogen and oxygen atoms in total. The fraction of sp³-hybridized carbons (Fsp3) is 0.917. The van der Waals surface area contributed by atoms with Gasteiger partial charge in [-0.2, -0.15) is 0 Å². The third-order valence-electron chi connectivity index (χ3n) is 3.50. The molecule has 1 heterocycles. The van der Waals surface area contributed by atoms with Gasteiger partial charge in [0.05, 0.1) is 13.2 Å². The molecule has 1 aliphatic rings. The molecule has 1 atom stereocenters. The number of ether oxygens (including phenoxy) is 1. The van der Waals surface area contributed by atoms with Gasteiger partial charge >= 0.3 is 0 Å². The van der Waals surface area contributed by atoms with Crippen molar-refractivity contribution >= 4 is 5.91 Å². The number of nitrogens with zero attached hydrogens (tertiary/aromatic N) is 1. The summed E-state index contributed by atoms with van der Waals surface area (Å²) in [6.45, 7) is 6.34. The topological polar surface area (TPSA) is 81.6 Å². The first-order valence-corrected chi connectivity index (χ1v) is 6.48. The molecule has 0 saturated carbocycles. The van der Waals surface area contributed by atoms with Gasteiger partial charge in [0.1, 0.15) is 6.04 Å². The molecule has 17 heavy (non-hydrogen) atoms. The normalized spacial score (nSPS) is 20.4. The number of nitrogens with two attached hydrogens (primary N) is 2. The second-order valence-corrected chi connectivity index (χ2v) is 4.78. The second kappa shape index (κ2) is 7.63. The van der Waals surface area contributed by atoms with Crippen LogP contribution in [0.4, 0.5) is 0 Å². The van der Waals surface area contributed by atoms with E-state index in [0.717, 1.165) is 25.6 Å². The van der Waals surface area contributed by atoms with Crippen molar-refractivity contribution in [2.45, 2.75) is 32.2 Å². The average molecular weight is 243 g/mol. The van der Waals surface area contributed by atoms with Crippen LogP contribution in [-0.4, -0.2) is 49.7 Å². The van der Waals surface area contributed by atoms with Crippen LogP contribution in [0.3, 0.4) is 0 Å². The summed E-state index contributed by atoms with van der Waals surface area (Å²) < 4.78 is 5.35. The SMILES string of the molecule is CCC1CCN(CCOCC(N)C(N)=O)CC1. The van der Waals surface area contributed by atoms with Crippen LogP contribution >= 0.6 is 0 Å². The average Bonchev–Trinajstić information content (AvgIpc) is 2.35. The fourth-order valence-corrected chi connectivity index (χ4v) is 2.10. The van der Waals surface area contributed by atoms with Gasteiger partial charge in [0.25, 0.3) is 0 Å². The zero-order chi connectivity index (χ0) is 12.7. The number of carbonyl (C=O) groups excluding carboxylic acids is 1. The molecular formula is C12H25N3O2. The molecule has 1 saturated heterocycles. The molecule has 0 aromatic rings. The number of rotatable bonds is 7. The summed E-state index contributed by atoms with van der Waals surface area (Å²) >= 11 is 0. The molecule has 1 fully saturated rings. The Morgan fingerprint density at radius 1 is 1.47 bits per heavy atom. The van der Waals surface area contributed by atoms with Crippen LogP contribution in [0.5, 0.6) is 0 Å². The first-order valence-electron chi connectivity index (χ1n) is 6.48. The van der Waals surface area contributed by atoms with E-state index in [-0.39, 0.29) is 6.61 Å². The van der Waals surface area contributed by atoms with Crippen LogP contribution < -0.4 is 11.5 Å². The van der Waals surface area contributed by atoms with Gasteiger partial charge < -0.3 is 21.1 Å². The van der Waals surface area contributed by atoms with Gasteiger partial charge in [0, 0.05) is 6.54 Å². The molecule has 4 N–H and O–H groups in total. The van der Waals surface area contributed by atoms with E-state index in [2.05, 4.69) is 11.8 Å². The zero-order valence-electron chi connectivity index (χ0n) is 10.7. The highest BCUT2D eigenvalue weighted by Gasteiger charge is 2.17. The van der Waals surface area contributed by atoms with Crippen LogP contribution in [-0.2, 0) is 9.53 Å². The lowest BCUT2D eigenvalue weighted by Crippen LogP contribution is -2.41. The Labute approximate surface area is 103 Å². The molecule has 0 spiro atoms. The van der Waals surface area contributed by atoms with Gasteiger partial charge in [0.15, 0.2) is 0 Å². The van der Waals surface area contributed by atoms with Gasteiger partial charge in [-0.3, -0.25) is 4.79 Å². The van der Waals surface area contributed by atoms with Crippen LogP contribution in [0.25, 0.3) is 0 Å². The largest absolute Gasteiger partial charge is 0.378 e. The fourth-order valence-electron chi connectivity index (χ4n) is 2.10. The van der Waals surface area contributed by atoms with E-state index < -0.39 is 11.9 Å². The first-order chi connectivity index (χ1) is 8.13. The molecule has 1 aliphatic heterocycles. The van der Waals surface area contributed by atoms with Crippen molar-refractivity contribution in [3.8, 4) is 0 Å². The van der Waals surface area contributed by atoms with Crippen molar-refractivity contribution in [1.29, 1.82) is 0 Å². The number of carbonyl (C=O) groups is 1. The van der Waals surface area contributed by atoms with Crippen molar-refractivity contribution in [1.82, 2.24) is 4.90 Å². The van der Waals surface area contributed by atoms with Crippen LogP contribution in [0, 0.1) is 5.92 Å². The van der Waals surface area contributed by atoms with Gasteiger partial charge in [-0.25, -0.2) is 0 Å². The zero-order valence-corrected chi connectivity index (χ0v) is 10.7. The van der Waals surface area contributed by atoms with E-state index in [4.69, 9.17) is 16.2 Å². The summed E-state index contributed by atoms with van der Waals surface area (Å²) in [4.78, 5) is 13.1. The molecule has 5 heteroatoms. The third kappa shape index (κ3) is 5.48. The highest BCUT2D eigenvalue weighted by Crippen LogP contribution is 2.19. The lowest BCUT2D eigenvalue weighted by atomic mass is 9.94. The summed E-state index contributed by atoms with van der Waals surface area (Å²) in [5.41, 5.74) is 10.5. The Morgan fingerprint density at radius 2 is 2.12 bits per heavy atom. The summed E-state index contributed by atoms with van der Waals surface area (Å²) in [5.74, 6) is 0.393. The minimum Gasteiger partial charge on any atom is -0.378 e. The highest BCUT2D eigenvalue weighted by atomic mass is 16.5. The maximum atomic E-state index is 10.7. The van der Waals surface area contributed by atoms with Gasteiger partial charge in [-0.05, 0) is 31.8 Å². The van der Waals surface area contributed by atoms with Crippen molar-refractivity contribution in [2.24, 2.45) is 17.4 Å². The molecule has 1 unspecified atom stereocenters. The Balaban J connectivity index is 2.02. The Hall–Kier alpha value is -0.650. The maximum absolute atomic E-state index is 10.7. The van der Waals surface area contributed by atoms with E-state index in [0.29, 0.717) is 6.61 Å². The van der Waals surface area contributed by atoms with Gasteiger partial charge in [0.2, 0.25) is 5.91 Å². The van der Waals surface area contributed by atoms with Gasteiger partial charge in [-0.15, -0.1) is 0 Å². The molecule has 0 aromatic heterocycles. The number of hydrogen-bond acceptors (Lipinski definition) is 4. The second-order valence-electron chi connectivity index (χ2n) is 4.78. The van der Waals surface area contributed by atoms with Gasteiger partial charge in [-0.1, -0.05) is 13.3 Å². The van der Waals surface area contributed by atoms with E-state index >= 15 is 0 Å². The first kappa shape index (κ1) is 14.4. The highest BCUT2D eigenvalue weighted by molar-refractivity contribution is 5.79. The Morgan fingerprint density at radius 3 is 2.65 bits per heavy atom. The smallest absolute Gasteiger partial charge is 0.236 e. The van der Waals surface area contributed by atoms with Crippen molar-refractivity contribution in [3.63, 3.8) is 0 Å². The summed E-state index contributed by atoms with van der Waals surface area (Å²) in [7, 11) is 0. The van der Waals surface area contributed by atoms with E-state index in [1.165, 1.54) is 19.3 Å².